The summed E-state index contributed by atoms with van der Waals surface area (Å²) < 4.78 is 42.9. The second-order valence-electron chi connectivity index (χ2n) is 9.55. The lowest BCUT2D eigenvalue weighted by atomic mass is 9.84. The third-order valence-electron chi connectivity index (χ3n) is 6.91. The Bertz CT molecular complexity index is 1070. The lowest BCUT2D eigenvalue weighted by Crippen LogP contribution is -2.71. The number of aryl methyl sites for hydroxylation is 1. The van der Waals surface area contributed by atoms with Crippen molar-refractivity contribution in [1.82, 2.24) is 10.2 Å². The van der Waals surface area contributed by atoms with Crippen molar-refractivity contribution in [2.24, 2.45) is 0 Å². The van der Waals surface area contributed by atoms with Gasteiger partial charge in [0.2, 0.25) is 0 Å². The number of hydrogen-bond acceptors (Lipinski definition) is 5. The van der Waals surface area contributed by atoms with Crippen LogP contribution in [0.1, 0.15) is 48.5 Å². The van der Waals surface area contributed by atoms with Crippen molar-refractivity contribution in [3.63, 3.8) is 0 Å². The molecule has 1 heterocycles. The summed E-state index contributed by atoms with van der Waals surface area (Å²) in [5.41, 5.74) is -1.19. The fraction of sp³-hybridized carbons (Fsp3) is 0.480. The number of carbonyl (C=O) groups excluding carboxylic acids is 1. The van der Waals surface area contributed by atoms with Crippen LogP contribution in [0, 0.1) is 24.4 Å². The number of hydrogen-bond donors (Lipinski definition) is 4. The van der Waals surface area contributed by atoms with E-state index in [0.29, 0.717) is 18.4 Å². The zero-order chi connectivity index (χ0) is 24.6. The average molecular weight is 478 g/mol. The van der Waals surface area contributed by atoms with Gasteiger partial charge >= 0.3 is 0 Å². The molecule has 1 saturated carbocycles. The predicted molar refractivity (Wildman–Crippen MR) is 122 cm³/mol. The lowest BCUT2D eigenvalue weighted by molar-refractivity contribution is -0.103. The number of aliphatic hydroxyl groups is 2. The first-order valence-electron chi connectivity index (χ1n) is 11.5. The highest BCUT2D eigenvalue weighted by molar-refractivity contribution is 6.01. The Morgan fingerprint density at radius 1 is 1.09 bits per heavy atom. The molecule has 0 aromatic heterocycles. The highest BCUT2D eigenvalue weighted by Crippen LogP contribution is 2.33. The minimum atomic E-state index is -1.28. The van der Waals surface area contributed by atoms with Crippen LogP contribution in [-0.4, -0.2) is 57.9 Å². The molecule has 4 rings (SSSR count). The van der Waals surface area contributed by atoms with E-state index < -0.39 is 34.6 Å². The van der Waals surface area contributed by atoms with Crippen LogP contribution in [0.2, 0.25) is 0 Å². The Morgan fingerprint density at radius 2 is 1.76 bits per heavy atom. The summed E-state index contributed by atoms with van der Waals surface area (Å²) in [6, 6.07) is 6.14. The van der Waals surface area contributed by atoms with E-state index in [0.717, 1.165) is 25.0 Å². The van der Waals surface area contributed by atoms with Crippen LogP contribution in [0.3, 0.4) is 0 Å². The first-order valence-corrected chi connectivity index (χ1v) is 11.5. The van der Waals surface area contributed by atoms with Crippen LogP contribution in [-0.2, 0) is 0 Å². The van der Waals surface area contributed by atoms with E-state index in [-0.39, 0.29) is 42.5 Å². The van der Waals surface area contributed by atoms with Gasteiger partial charge in [0.15, 0.2) is 11.6 Å². The van der Waals surface area contributed by atoms with Crippen LogP contribution in [0.5, 0.6) is 0 Å². The number of nitrogens with one attached hydrogen (secondary N) is 2. The normalized spacial score (nSPS) is 22.7. The zero-order valence-corrected chi connectivity index (χ0v) is 19.2. The Labute approximate surface area is 196 Å². The fourth-order valence-electron chi connectivity index (χ4n) is 4.66. The summed E-state index contributed by atoms with van der Waals surface area (Å²) in [4.78, 5) is 14.5. The van der Waals surface area contributed by atoms with Crippen molar-refractivity contribution < 1.29 is 28.2 Å². The maximum Gasteiger partial charge on any atom is 0.256 e. The Hall–Kier alpha value is -2.62. The SMILES string of the molecule is Cc1ccc(Nc2c(C(=O)N3CC(O)(C(C)NC4CCC(O)CC4)C3)ccc(F)c2F)c(F)c1. The number of carbonyl (C=O) groups is 1. The number of rotatable bonds is 6. The Balaban J connectivity index is 1.47. The first kappa shape index (κ1) is 24.5. The van der Waals surface area contributed by atoms with E-state index in [1.54, 1.807) is 13.0 Å². The van der Waals surface area contributed by atoms with Gasteiger partial charge in [0.25, 0.3) is 5.91 Å². The van der Waals surface area contributed by atoms with Gasteiger partial charge in [-0.15, -0.1) is 0 Å². The highest BCUT2D eigenvalue weighted by Gasteiger charge is 2.48. The maximum atomic E-state index is 14.7. The Morgan fingerprint density at radius 3 is 2.41 bits per heavy atom. The molecule has 1 saturated heterocycles. The van der Waals surface area contributed by atoms with Crippen molar-refractivity contribution in [1.29, 1.82) is 0 Å². The third kappa shape index (κ3) is 4.92. The fourth-order valence-corrected chi connectivity index (χ4v) is 4.66. The molecule has 9 heteroatoms. The smallest absolute Gasteiger partial charge is 0.256 e. The van der Waals surface area contributed by atoms with Crippen LogP contribution < -0.4 is 10.6 Å². The number of likely N-dealkylation sites (tertiary alicyclic amines) is 1. The number of nitrogens with zero attached hydrogens (tertiary/aromatic N) is 1. The summed E-state index contributed by atoms with van der Waals surface area (Å²) in [6.45, 7) is 3.58. The van der Waals surface area contributed by atoms with Gasteiger partial charge < -0.3 is 25.7 Å². The van der Waals surface area contributed by atoms with Crippen LogP contribution >= 0.6 is 0 Å². The Kier molecular flexibility index (Phi) is 6.89. The topological polar surface area (TPSA) is 84.8 Å². The maximum absolute atomic E-state index is 14.7. The number of aliphatic hydroxyl groups excluding tert-OH is 1. The summed E-state index contributed by atoms with van der Waals surface area (Å²) in [5.74, 6) is -3.69. The number of halogens is 3. The highest BCUT2D eigenvalue weighted by atomic mass is 19.2. The molecule has 0 bridgehead atoms. The first-order chi connectivity index (χ1) is 16.1. The van der Waals surface area contributed by atoms with E-state index >= 15 is 0 Å². The molecule has 4 N–H and O–H groups in total. The second kappa shape index (κ2) is 9.56. The van der Waals surface area contributed by atoms with Crippen LogP contribution in [0.25, 0.3) is 0 Å². The van der Waals surface area contributed by atoms with Gasteiger partial charge in [0.05, 0.1) is 36.1 Å². The van der Waals surface area contributed by atoms with Crippen molar-refractivity contribution in [2.45, 2.75) is 63.3 Å². The van der Waals surface area contributed by atoms with Gasteiger partial charge in [-0.1, -0.05) is 6.07 Å². The standard InChI is InChI=1S/C25H30F3N3O3/c1-14-3-10-21(20(27)11-14)30-23-18(8-9-19(26)22(23)28)24(33)31-12-25(34,13-31)15(2)29-16-4-6-17(32)7-5-16/h3,8-11,15-17,29-30,32,34H,4-7,12-13H2,1-2H3. The van der Waals surface area contributed by atoms with Gasteiger partial charge in [-0.3, -0.25) is 4.79 Å². The zero-order valence-electron chi connectivity index (χ0n) is 19.2. The number of amides is 1. The summed E-state index contributed by atoms with van der Waals surface area (Å²) in [6.07, 6.45) is 2.76. The van der Waals surface area contributed by atoms with Crippen molar-refractivity contribution in [3.05, 3.63) is 58.9 Å². The quantitative estimate of drug-likeness (QED) is 0.511. The predicted octanol–water partition coefficient (Wildman–Crippen LogP) is 3.62. The molecular weight excluding hydrogens is 447 g/mol. The largest absolute Gasteiger partial charge is 0.393 e. The molecule has 2 aliphatic rings. The van der Waals surface area contributed by atoms with Gasteiger partial charge in [-0.25, -0.2) is 13.2 Å². The number of anilines is 2. The van der Waals surface area contributed by atoms with Gasteiger partial charge in [0.1, 0.15) is 11.4 Å². The minimum Gasteiger partial charge on any atom is -0.393 e. The summed E-state index contributed by atoms with van der Waals surface area (Å²) >= 11 is 0. The molecule has 2 aromatic rings. The van der Waals surface area contributed by atoms with E-state index in [4.69, 9.17) is 0 Å². The van der Waals surface area contributed by atoms with Crippen LogP contribution in [0.15, 0.2) is 30.3 Å². The third-order valence-corrected chi connectivity index (χ3v) is 6.91. The second-order valence-corrected chi connectivity index (χ2v) is 9.55. The molecule has 0 radical (unpaired) electrons. The average Bonchev–Trinajstić information content (AvgIpc) is 2.77. The molecule has 2 fully saturated rings. The molecule has 1 aliphatic carbocycles. The summed E-state index contributed by atoms with van der Waals surface area (Å²) in [5, 5.41) is 26.6. The molecule has 1 atom stereocenters. The minimum absolute atomic E-state index is 0.0205. The van der Waals surface area contributed by atoms with Crippen molar-refractivity contribution in [3.8, 4) is 0 Å². The summed E-state index contributed by atoms with van der Waals surface area (Å²) in [7, 11) is 0. The molecular formula is C25H30F3N3O3. The number of β-amino-alcohol motifs (C(OH)–C–C–N with tert-alkyl or cyclic N) is 1. The molecule has 34 heavy (non-hydrogen) atoms. The van der Waals surface area contributed by atoms with Gasteiger partial charge in [-0.05, 0) is 69.4 Å². The van der Waals surface area contributed by atoms with Crippen molar-refractivity contribution >= 4 is 17.3 Å². The van der Waals surface area contributed by atoms with Gasteiger partial charge in [0, 0.05) is 12.1 Å². The van der Waals surface area contributed by atoms with E-state index in [1.165, 1.54) is 17.0 Å². The molecule has 2 aromatic carbocycles. The van der Waals surface area contributed by atoms with E-state index in [1.807, 2.05) is 6.92 Å². The number of benzene rings is 2. The lowest BCUT2D eigenvalue weighted by Gasteiger charge is -2.50. The molecule has 1 aliphatic heterocycles. The molecule has 184 valence electrons. The van der Waals surface area contributed by atoms with Crippen molar-refractivity contribution in [2.75, 3.05) is 18.4 Å². The molecule has 6 nitrogen and oxygen atoms in total. The van der Waals surface area contributed by atoms with Gasteiger partial charge in [-0.2, -0.15) is 0 Å². The molecule has 1 unspecified atom stereocenters. The van der Waals surface area contributed by atoms with E-state index in [2.05, 4.69) is 10.6 Å². The monoisotopic (exact) mass is 477 g/mol. The van der Waals surface area contributed by atoms with Crippen LogP contribution in [0.4, 0.5) is 24.5 Å². The molecule has 1 amide bonds. The van der Waals surface area contributed by atoms with E-state index in [9.17, 15) is 28.2 Å². The molecule has 0 spiro atoms.